The van der Waals surface area contributed by atoms with E-state index in [1.54, 1.807) is 12.3 Å². The van der Waals surface area contributed by atoms with E-state index < -0.39 is 4.92 Å². The van der Waals surface area contributed by atoms with Gasteiger partial charge in [-0.15, -0.1) is 11.3 Å². The largest absolute Gasteiger partial charge is 0.379 e. The van der Waals surface area contributed by atoms with Crippen LogP contribution in [0.4, 0.5) is 11.4 Å². The van der Waals surface area contributed by atoms with Crippen molar-refractivity contribution in [2.24, 2.45) is 0 Å². The number of aromatic nitrogens is 1. The van der Waals surface area contributed by atoms with Crippen LogP contribution >= 0.6 is 38.9 Å². The van der Waals surface area contributed by atoms with E-state index in [1.165, 1.54) is 23.5 Å². The number of nitrogens with zero attached hydrogens (tertiary/aromatic N) is 2. The van der Waals surface area contributed by atoms with Gasteiger partial charge in [0, 0.05) is 27.7 Å². The van der Waals surface area contributed by atoms with E-state index in [0.29, 0.717) is 16.7 Å². The second-order valence-corrected chi connectivity index (χ2v) is 5.91. The Morgan fingerprint density at radius 3 is 2.94 bits per heavy atom. The van der Waals surface area contributed by atoms with Gasteiger partial charge < -0.3 is 5.32 Å². The number of hydrogen-bond acceptors (Lipinski definition) is 5. The van der Waals surface area contributed by atoms with Crippen LogP contribution in [-0.2, 0) is 6.54 Å². The van der Waals surface area contributed by atoms with Crippen molar-refractivity contribution in [1.82, 2.24) is 4.98 Å². The highest BCUT2D eigenvalue weighted by Gasteiger charge is 2.09. The number of non-ortho nitro benzene ring substituents is 1. The van der Waals surface area contributed by atoms with Gasteiger partial charge in [-0.2, -0.15) is 0 Å². The SMILES string of the molecule is O=[N+]([O-])c1ccc(Br)c(NCc2cnc(Cl)s2)c1. The van der Waals surface area contributed by atoms with Crippen LogP contribution in [0, 0.1) is 10.1 Å². The van der Waals surface area contributed by atoms with Gasteiger partial charge in [-0.25, -0.2) is 4.98 Å². The molecule has 0 aliphatic rings. The number of anilines is 1. The number of nitro benzene ring substituents is 1. The summed E-state index contributed by atoms with van der Waals surface area (Å²) in [6.45, 7) is 0.518. The van der Waals surface area contributed by atoms with Crippen LogP contribution in [-0.4, -0.2) is 9.91 Å². The summed E-state index contributed by atoms with van der Waals surface area (Å²) in [7, 11) is 0. The van der Waals surface area contributed by atoms with Crippen molar-refractivity contribution in [3.8, 4) is 0 Å². The third-order valence-electron chi connectivity index (χ3n) is 2.14. The fourth-order valence-electron chi connectivity index (χ4n) is 1.31. The summed E-state index contributed by atoms with van der Waals surface area (Å²) < 4.78 is 1.24. The molecule has 5 nitrogen and oxygen atoms in total. The Bertz CT molecular complexity index is 590. The zero-order chi connectivity index (χ0) is 13.1. The van der Waals surface area contributed by atoms with Gasteiger partial charge in [0.25, 0.3) is 5.69 Å². The van der Waals surface area contributed by atoms with E-state index in [1.807, 2.05) is 0 Å². The first-order valence-electron chi connectivity index (χ1n) is 4.84. The van der Waals surface area contributed by atoms with Crippen molar-refractivity contribution in [1.29, 1.82) is 0 Å². The van der Waals surface area contributed by atoms with E-state index >= 15 is 0 Å². The minimum Gasteiger partial charge on any atom is -0.379 e. The molecule has 1 aromatic carbocycles. The molecule has 1 heterocycles. The summed E-state index contributed by atoms with van der Waals surface area (Å²) >= 11 is 10.4. The molecule has 0 fully saturated rings. The molecule has 0 bridgehead atoms. The summed E-state index contributed by atoms with van der Waals surface area (Å²) in [5.41, 5.74) is 0.705. The highest BCUT2D eigenvalue weighted by molar-refractivity contribution is 9.10. The molecule has 0 aliphatic heterocycles. The Labute approximate surface area is 120 Å². The Morgan fingerprint density at radius 2 is 2.33 bits per heavy atom. The topological polar surface area (TPSA) is 68.1 Å². The van der Waals surface area contributed by atoms with Crippen LogP contribution in [0.15, 0.2) is 28.9 Å². The van der Waals surface area contributed by atoms with Crippen molar-refractivity contribution in [2.45, 2.75) is 6.54 Å². The first-order chi connectivity index (χ1) is 8.56. The van der Waals surface area contributed by atoms with Gasteiger partial charge in [-0.1, -0.05) is 11.6 Å². The zero-order valence-corrected chi connectivity index (χ0v) is 12.1. The van der Waals surface area contributed by atoms with Gasteiger partial charge in [0.05, 0.1) is 17.2 Å². The van der Waals surface area contributed by atoms with Crippen LogP contribution < -0.4 is 5.32 Å². The van der Waals surface area contributed by atoms with Crippen LogP contribution in [0.3, 0.4) is 0 Å². The lowest BCUT2D eigenvalue weighted by molar-refractivity contribution is -0.384. The molecule has 8 heteroatoms. The predicted molar refractivity (Wildman–Crippen MR) is 75.2 cm³/mol. The average molecular weight is 349 g/mol. The van der Waals surface area contributed by atoms with Crippen molar-refractivity contribution >= 4 is 50.2 Å². The summed E-state index contributed by atoms with van der Waals surface area (Å²) in [5.74, 6) is 0. The maximum atomic E-state index is 10.7. The molecule has 18 heavy (non-hydrogen) atoms. The number of rotatable bonds is 4. The molecule has 0 spiro atoms. The fraction of sp³-hybridized carbons (Fsp3) is 0.100. The van der Waals surface area contributed by atoms with Gasteiger partial charge in [0.2, 0.25) is 0 Å². The van der Waals surface area contributed by atoms with Gasteiger partial charge in [0.15, 0.2) is 4.47 Å². The number of benzene rings is 1. The molecule has 0 unspecified atom stereocenters. The van der Waals surface area contributed by atoms with E-state index in [4.69, 9.17) is 11.6 Å². The Kier molecular flexibility index (Phi) is 4.15. The number of halogens is 2. The average Bonchev–Trinajstić information content (AvgIpc) is 2.74. The maximum Gasteiger partial charge on any atom is 0.271 e. The first-order valence-corrected chi connectivity index (χ1v) is 6.83. The number of nitro groups is 1. The van der Waals surface area contributed by atoms with Crippen molar-refractivity contribution < 1.29 is 4.92 Å². The molecule has 94 valence electrons. The molecule has 0 saturated heterocycles. The molecular formula is C10H7BrClN3O2S. The van der Waals surface area contributed by atoms with Crippen LogP contribution in [0.2, 0.25) is 4.47 Å². The summed E-state index contributed by atoms with van der Waals surface area (Å²) in [6, 6.07) is 4.56. The number of hydrogen-bond donors (Lipinski definition) is 1. The van der Waals surface area contributed by atoms with E-state index in [-0.39, 0.29) is 5.69 Å². The quantitative estimate of drug-likeness (QED) is 0.668. The monoisotopic (exact) mass is 347 g/mol. The van der Waals surface area contributed by atoms with Crippen LogP contribution in [0.5, 0.6) is 0 Å². The molecular weight excluding hydrogens is 342 g/mol. The van der Waals surface area contributed by atoms with Crippen molar-refractivity contribution in [3.05, 3.63) is 48.3 Å². The number of thiazole rings is 1. The van der Waals surface area contributed by atoms with E-state index in [2.05, 4.69) is 26.2 Å². The third kappa shape index (κ3) is 3.18. The summed E-state index contributed by atoms with van der Waals surface area (Å²) in [4.78, 5) is 15.1. The van der Waals surface area contributed by atoms with Gasteiger partial charge in [0.1, 0.15) is 0 Å². The van der Waals surface area contributed by atoms with Gasteiger partial charge in [-0.05, 0) is 22.0 Å². The van der Waals surface area contributed by atoms with Gasteiger partial charge >= 0.3 is 0 Å². The fourth-order valence-corrected chi connectivity index (χ4v) is 2.61. The molecule has 0 amide bonds. The second kappa shape index (κ2) is 5.64. The van der Waals surface area contributed by atoms with Crippen LogP contribution in [0.25, 0.3) is 0 Å². The Morgan fingerprint density at radius 1 is 1.56 bits per heavy atom. The minimum absolute atomic E-state index is 0.0445. The minimum atomic E-state index is -0.429. The lowest BCUT2D eigenvalue weighted by atomic mass is 10.3. The predicted octanol–water partition coefficient (Wildman–Crippen LogP) is 4.08. The van der Waals surface area contributed by atoms with Crippen molar-refractivity contribution in [3.63, 3.8) is 0 Å². The standard InChI is InChI=1S/C10H7BrClN3O2S/c11-8-2-1-6(15(16)17)3-9(8)13-4-7-5-14-10(12)18-7/h1-3,5,13H,4H2. The third-order valence-corrected chi connectivity index (χ3v) is 3.95. The molecule has 2 aromatic rings. The molecule has 0 saturated carbocycles. The second-order valence-electron chi connectivity index (χ2n) is 3.35. The molecule has 0 atom stereocenters. The maximum absolute atomic E-state index is 10.7. The normalized spacial score (nSPS) is 10.3. The van der Waals surface area contributed by atoms with E-state index in [9.17, 15) is 10.1 Å². The first kappa shape index (κ1) is 13.3. The van der Waals surface area contributed by atoms with Crippen LogP contribution in [0.1, 0.15) is 4.88 Å². The smallest absolute Gasteiger partial charge is 0.271 e. The van der Waals surface area contributed by atoms with Crippen molar-refractivity contribution in [2.75, 3.05) is 5.32 Å². The molecule has 1 aromatic heterocycles. The highest BCUT2D eigenvalue weighted by atomic mass is 79.9. The molecule has 0 aliphatic carbocycles. The molecule has 0 radical (unpaired) electrons. The summed E-state index contributed by atoms with van der Waals surface area (Å²) in [5, 5.41) is 13.8. The Hall–Kier alpha value is -1.18. The van der Waals surface area contributed by atoms with Gasteiger partial charge in [-0.3, -0.25) is 10.1 Å². The zero-order valence-electron chi connectivity index (χ0n) is 8.89. The lowest BCUT2D eigenvalue weighted by Gasteiger charge is -2.06. The number of nitrogens with one attached hydrogen (secondary N) is 1. The molecule has 2 rings (SSSR count). The lowest BCUT2D eigenvalue weighted by Crippen LogP contribution is -1.99. The Balaban J connectivity index is 2.13. The highest BCUT2D eigenvalue weighted by Crippen LogP contribution is 2.28. The summed E-state index contributed by atoms with van der Waals surface area (Å²) in [6.07, 6.45) is 1.67. The van der Waals surface area contributed by atoms with E-state index in [0.717, 1.165) is 9.35 Å². The molecule has 1 N–H and O–H groups in total.